The van der Waals surface area contributed by atoms with Crippen molar-refractivity contribution in [3.63, 3.8) is 0 Å². The number of para-hydroxylation sites is 1. The molecule has 2 amide bonds. The van der Waals surface area contributed by atoms with Crippen LogP contribution in [0.1, 0.15) is 31.0 Å². The first-order valence-corrected chi connectivity index (χ1v) is 9.67. The highest BCUT2D eigenvalue weighted by Gasteiger charge is 2.34. The first kappa shape index (κ1) is 19.9. The van der Waals surface area contributed by atoms with E-state index in [4.69, 9.17) is 0 Å². The van der Waals surface area contributed by atoms with Gasteiger partial charge in [0, 0.05) is 24.0 Å². The molecule has 0 bridgehead atoms. The maximum atomic E-state index is 13.3. The van der Waals surface area contributed by atoms with Crippen LogP contribution in [0.4, 0.5) is 17.2 Å². The van der Waals surface area contributed by atoms with E-state index in [1.807, 2.05) is 42.5 Å². The summed E-state index contributed by atoms with van der Waals surface area (Å²) in [6.45, 7) is 3.24. The van der Waals surface area contributed by atoms with E-state index in [1.54, 1.807) is 23.7 Å². The van der Waals surface area contributed by atoms with E-state index in [0.717, 1.165) is 5.56 Å². The van der Waals surface area contributed by atoms with Gasteiger partial charge in [-0.05, 0) is 36.8 Å². The molecule has 1 aliphatic rings. The van der Waals surface area contributed by atoms with Gasteiger partial charge in [0.25, 0.3) is 5.91 Å². The lowest BCUT2D eigenvalue weighted by atomic mass is 9.94. The number of allylic oxidation sites excluding steroid dienone is 1. The van der Waals surface area contributed by atoms with Gasteiger partial charge in [-0.2, -0.15) is 10.4 Å². The van der Waals surface area contributed by atoms with Crippen LogP contribution in [0.15, 0.2) is 72.1 Å². The minimum atomic E-state index is -0.548. The van der Waals surface area contributed by atoms with Crippen LogP contribution < -0.4 is 16.0 Å². The van der Waals surface area contributed by atoms with E-state index in [1.165, 1.54) is 13.1 Å². The number of fused-ring (bicyclic) bond motifs is 1. The Labute approximate surface area is 179 Å². The Morgan fingerprint density at radius 1 is 1.06 bits per heavy atom. The Kier molecular flexibility index (Phi) is 5.24. The number of anilines is 3. The summed E-state index contributed by atoms with van der Waals surface area (Å²) in [5, 5.41) is 22.6. The number of nitrogens with one attached hydrogen (secondary N) is 3. The van der Waals surface area contributed by atoms with Gasteiger partial charge in [-0.1, -0.05) is 30.3 Å². The van der Waals surface area contributed by atoms with E-state index < -0.39 is 6.04 Å². The van der Waals surface area contributed by atoms with Crippen molar-refractivity contribution in [1.82, 2.24) is 9.78 Å². The summed E-state index contributed by atoms with van der Waals surface area (Å²) >= 11 is 0. The molecule has 8 nitrogen and oxygen atoms in total. The Balaban J connectivity index is 1.77. The summed E-state index contributed by atoms with van der Waals surface area (Å²) < 4.78 is 1.64. The second kappa shape index (κ2) is 8.16. The van der Waals surface area contributed by atoms with Crippen molar-refractivity contribution in [3.05, 3.63) is 83.2 Å². The molecule has 0 spiro atoms. The number of hydrogen-bond donors (Lipinski definition) is 3. The molecule has 3 aromatic rings. The second-order valence-electron chi connectivity index (χ2n) is 7.15. The zero-order valence-electron chi connectivity index (χ0n) is 17.0. The Morgan fingerprint density at radius 2 is 1.74 bits per heavy atom. The van der Waals surface area contributed by atoms with Gasteiger partial charge < -0.3 is 16.0 Å². The molecule has 0 saturated carbocycles. The van der Waals surface area contributed by atoms with E-state index >= 15 is 0 Å². The van der Waals surface area contributed by atoms with Crippen LogP contribution in [-0.4, -0.2) is 21.6 Å². The zero-order valence-corrected chi connectivity index (χ0v) is 17.0. The minimum Gasteiger partial charge on any atom is -0.343 e. The van der Waals surface area contributed by atoms with Crippen molar-refractivity contribution < 1.29 is 9.59 Å². The molecule has 8 heteroatoms. The number of aromatic nitrogens is 2. The number of rotatable bonds is 4. The number of nitriles is 1. The minimum absolute atomic E-state index is 0.165. The van der Waals surface area contributed by atoms with Crippen molar-refractivity contribution >= 4 is 29.0 Å². The van der Waals surface area contributed by atoms with Gasteiger partial charge in [-0.25, -0.2) is 4.68 Å². The molecule has 1 aromatic heterocycles. The number of carbonyl (C=O) groups excluding carboxylic acids is 2. The predicted molar refractivity (Wildman–Crippen MR) is 117 cm³/mol. The average Bonchev–Trinajstić information content (AvgIpc) is 3.16. The Morgan fingerprint density at radius 3 is 2.39 bits per heavy atom. The van der Waals surface area contributed by atoms with E-state index in [9.17, 15) is 14.9 Å². The lowest BCUT2D eigenvalue weighted by Gasteiger charge is -2.30. The van der Waals surface area contributed by atoms with Crippen molar-refractivity contribution in [2.75, 3.05) is 16.0 Å². The Hall–Kier alpha value is -4.38. The van der Waals surface area contributed by atoms with E-state index in [2.05, 4.69) is 27.1 Å². The second-order valence-corrected chi connectivity index (χ2v) is 7.15. The molecular formula is C23H20N6O2. The van der Waals surface area contributed by atoms with Gasteiger partial charge in [0.15, 0.2) is 0 Å². The number of amides is 2. The van der Waals surface area contributed by atoms with Gasteiger partial charge in [0.2, 0.25) is 5.91 Å². The fraction of sp³-hybridized carbons (Fsp3) is 0.130. The molecule has 2 aromatic carbocycles. The normalized spacial score (nSPS) is 14.8. The molecule has 1 atom stereocenters. The summed E-state index contributed by atoms with van der Waals surface area (Å²) in [7, 11) is 0. The maximum absolute atomic E-state index is 13.3. The number of benzene rings is 2. The molecule has 1 aliphatic heterocycles. The number of carbonyl (C=O) groups is 2. The first-order chi connectivity index (χ1) is 15.0. The lowest BCUT2D eigenvalue weighted by Crippen LogP contribution is -2.31. The molecule has 0 saturated heterocycles. The highest BCUT2D eigenvalue weighted by atomic mass is 16.2. The van der Waals surface area contributed by atoms with Crippen LogP contribution in [0, 0.1) is 11.3 Å². The van der Waals surface area contributed by atoms with Crippen molar-refractivity contribution in [1.29, 1.82) is 5.26 Å². The maximum Gasteiger partial charge on any atom is 0.255 e. The first-order valence-electron chi connectivity index (χ1n) is 9.67. The third kappa shape index (κ3) is 3.89. The Bertz CT molecular complexity index is 1220. The monoisotopic (exact) mass is 412 g/mol. The summed E-state index contributed by atoms with van der Waals surface area (Å²) in [5.41, 5.74) is 3.63. The quantitative estimate of drug-likeness (QED) is 0.606. The van der Waals surface area contributed by atoms with Crippen LogP contribution in [0.2, 0.25) is 0 Å². The topological polar surface area (TPSA) is 112 Å². The van der Waals surface area contributed by atoms with E-state index in [-0.39, 0.29) is 11.8 Å². The summed E-state index contributed by atoms with van der Waals surface area (Å²) in [4.78, 5) is 24.6. The smallest absolute Gasteiger partial charge is 0.255 e. The fourth-order valence-electron chi connectivity index (χ4n) is 3.61. The molecule has 4 rings (SSSR count). The van der Waals surface area contributed by atoms with Crippen LogP contribution in [-0.2, 0) is 9.59 Å². The fourth-order valence-corrected chi connectivity index (χ4v) is 3.61. The third-order valence-corrected chi connectivity index (χ3v) is 4.97. The van der Waals surface area contributed by atoms with Crippen molar-refractivity contribution in [2.24, 2.45) is 0 Å². The van der Waals surface area contributed by atoms with Crippen LogP contribution in [0.25, 0.3) is 0 Å². The highest BCUT2D eigenvalue weighted by molar-refractivity contribution is 6.06. The number of nitrogens with zero attached hydrogens (tertiary/aromatic N) is 3. The molecule has 31 heavy (non-hydrogen) atoms. The van der Waals surface area contributed by atoms with Gasteiger partial charge >= 0.3 is 0 Å². The predicted octanol–water partition coefficient (Wildman–Crippen LogP) is 3.64. The summed E-state index contributed by atoms with van der Waals surface area (Å²) in [5.74, 6) is 0.0975. The molecule has 0 aliphatic carbocycles. The molecule has 0 unspecified atom stereocenters. The molecule has 0 fully saturated rings. The standard InChI is InChI=1S/C23H20N6O2/c1-14-20(23(31)28-18-6-4-3-5-7-18)21(29-22(26-14)17(12-24)13-25-29)16-8-10-19(11-9-16)27-15(2)30/h3-11,13,21,26H,1-2H3,(H,27,30)(H,28,31)/t21-/m0/s1. The lowest BCUT2D eigenvalue weighted by molar-refractivity contribution is -0.114. The summed E-state index contributed by atoms with van der Waals surface area (Å²) in [6, 6.07) is 18.0. The van der Waals surface area contributed by atoms with Crippen LogP contribution >= 0.6 is 0 Å². The van der Waals surface area contributed by atoms with Gasteiger partial charge in [-0.3, -0.25) is 9.59 Å². The SMILES string of the molecule is CC(=O)Nc1ccc([C@H]2C(C(=O)Nc3ccccc3)=C(C)Nc3c(C#N)cnn32)cc1. The molecule has 3 N–H and O–H groups in total. The molecule has 154 valence electrons. The van der Waals surface area contributed by atoms with Crippen molar-refractivity contribution in [3.8, 4) is 6.07 Å². The largest absolute Gasteiger partial charge is 0.343 e. The van der Waals surface area contributed by atoms with Gasteiger partial charge in [0.1, 0.15) is 23.5 Å². The molecule has 2 heterocycles. The average molecular weight is 412 g/mol. The number of hydrogen-bond acceptors (Lipinski definition) is 5. The molecular weight excluding hydrogens is 392 g/mol. The van der Waals surface area contributed by atoms with Gasteiger partial charge in [0.05, 0.1) is 11.8 Å². The van der Waals surface area contributed by atoms with Crippen LogP contribution in [0.5, 0.6) is 0 Å². The summed E-state index contributed by atoms with van der Waals surface area (Å²) in [6.07, 6.45) is 1.48. The third-order valence-electron chi connectivity index (χ3n) is 4.97. The van der Waals surface area contributed by atoms with E-state index in [0.29, 0.717) is 34.0 Å². The highest BCUT2D eigenvalue weighted by Crippen LogP contribution is 2.37. The van der Waals surface area contributed by atoms with Crippen molar-refractivity contribution in [2.45, 2.75) is 19.9 Å². The van der Waals surface area contributed by atoms with Gasteiger partial charge in [-0.15, -0.1) is 0 Å². The van der Waals surface area contributed by atoms with Crippen LogP contribution in [0.3, 0.4) is 0 Å². The zero-order chi connectivity index (χ0) is 22.0. The molecule has 0 radical (unpaired) electrons.